The molecule has 20 heavy (non-hydrogen) atoms. The summed E-state index contributed by atoms with van der Waals surface area (Å²) in [5.74, 6) is 1.42. The molecule has 4 heteroatoms. The van der Waals surface area contributed by atoms with E-state index in [4.69, 9.17) is 0 Å². The Labute approximate surface area is 121 Å². The van der Waals surface area contributed by atoms with Gasteiger partial charge in [0.25, 0.3) is 0 Å². The van der Waals surface area contributed by atoms with E-state index in [1.165, 1.54) is 32.1 Å². The van der Waals surface area contributed by atoms with E-state index in [2.05, 4.69) is 19.2 Å². The van der Waals surface area contributed by atoms with E-state index in [0.29, 0.717) is 12.3 Å². The second-order valence-corrected chi connectivity index (χ2v) is 6.26. The Bertz CT molecular complexity index is 245. The first-order valence-corrected chi connectivity index (χ1v) is 8.26. The molecule has 1 saturated carbocycles. The molecule has 1 aliphatic rings. The van der Waals surface area contributed by atoms with Crippen molar-refractivity contribution in [3.8, 4) is 0 Å². The monoisotopic (exact) mass is 293 g/mol. The highest BCUT2D eigenvalue weighted by Gasteiger charge is 2.29. The molecule has 1 fully saturated rings. The average molecular weight is 293 g/mol. The van der Waals surface area contributed by atoms with Crippen molar-refractivity contribution in [2.24, 2.45) is 11.8 Å². The highest BCUT2D eigenvalue weighted by Crippen LogP contribution is 2.34. The Balaban J connectivity index is 2.39. The fourth-order valence-corrected chi connectivity index (χ4v) is 3.36. The first-order chi connectivity index (χ1) is 9.46. The zero-order valence-electron chi connectivity index (χ0n) is 12.9. The van der Waals surface area contributed by atoms with Gasteiger partial charge < -0.3 is 5.32 Å². The number of halogens is 3. The van der Waals surface area contributed by atoms with E-state index in [-0.39, 0.29) is 12.5 Å². The summed E-state index contributed by atoms with van der Waals surface area (Å²) in [5.41, 5.74) is 0. The second kappa shape index (κ2) is 8.91. The SMILES string of the molecule is CCCNC(CCCC(F)(F)F)C1CCC(CC)CC1. The van der Waals surface area contributed by atoms with Crippen molar-refractivity contribution in [3.63, 3.8) is 0 Å². The number of hydrogen-bond donors (Lipinski definition) is 1. The van der Waals surface area contributed by atoms with Gasteiger partial charge in [0.2, 0.25) is 0 Å². The van der Waals surface area contributed by atoms with E-state index >= 15 is 0 Å². The number of rotatable bonds is 8. The second-order valence-electron chi connectivity index (χ2n) is 6.26. The standard InChI is InChI=1S/C16H30F3N/c1-3-12-20-15(6-5-11-16(17,18)19)14-9-7-13(4-2)8-10-14/h13-15,20H,3-12H2,1-2H3. The molecule has 0 aromatic rings. The Hall–Kier alpha value is -0.250. The summed E-state index contributed by atoms with van der Waals surface area (Å²) < 4.78 is 36.8. The van der Waals surface area contributed by atoms with Crippen molar-refractivity contribution in [2.75, 3.05) is 6.54 Å². The molecule has 0 aromatic heterocycles. The summed E-state index contributed by atoms with van der Waals surface area (Å²) in [6.45, 7) is 5.26. The zero-order chi connectivity index (χ0) is 15.0. The molecule has 1 aliphatic carbocycles. The van der Waals surface area contributed by atoms with Crippen molar-refractivity contribution in [3.05, 3.63) is 0 Å². The summed E-state index contributed by atoms with van der Waals surface area (Å²) in [6, 6.07) is 0.287. The minimum absolute atomic E-state index is 0.262. The van der Waals surface area contributed by atoms with Gasteiger partial charge in [0.1, 0.15) is 0 Å². The molecule has 120 valence electrons. The summed E-state index contributed by atoms with van der Waals surface area (Å²) in [7, 11) is 0. The maximum Gasteiger partial charge on any atom is 0.389 e. The van der Waals surface area contributed by atoms with Gasteiger partial charge in [-0.3, -0.25) is 0 Å². The topological polar surface area (TPSA) is 12.0 Å². The summed E-state index contributed by atoms with van der Waals surface area (Å²) in [4.78, 5) is 0. The molecule has 0 saturated heterocycles. The van der Waals surface area contributed by atoms with Gasteiger partial charge in [0.15, 0.2) is 0 Å². The van der Waals surface area contributed by atoms with E-state index in [1.807, 2.05) is 0 Å². The normalized spacial score (nSPS) is 25.6. The third-order valence-corrected chi connectivity index (χ3v) is 4.67. The summed E-state index contributed by atoms with van der Waals surface area (Å²) in [6.07, 6.45) is 3.46. The molecule has 0 radical (unpaired) electrons. The van der Waals surface area contributed by atoms with E-state index in [9.17, 15) is 13.2 Å². The predicted octanol–water partition coefficient (Wildman–Crippen LogP) is 5.30. The minimum Gasteiger partial charge on any atom is -0.314 e. The largest absolute Gasteiger partial charge is 0.389 e. The van der Waals surface area contributed by atoms with Crippen LogP contribution in [0.1, 0.15) is 71.6 Å². The fourth-order valence-electron chi connectivity index (χ4n) is 3.36. The van der Waals surface area contributed by atoms with Gasteiger partial charge >= 0.3 is 6.18 Å². The molecular weight excluding hydrogens is 263 g/mol. The van der Waals surface area contributed by atoms with Crippen LogP contribution < -0.4 is 5.32 Å². The van der Waals surface area contributed by atoms with Crippen LogP contribution in [0.3, 0.4) is 0 Å². The van der Waals surface area contributed by atoms with Gasteiger partial charge in [0, 0.05) is 12.5 Å². The Morgan fingerprint density at radius 3 is 2.25 bits per heavy atom. The molecule has 1 unspecified atom stereocenters. The van der Waals surface area contributed by atoms with Gasteiger partial charge in [0.05, 0.1) is 0 Å². The van der Waals surface area contributed by atoms with Crippen LogP contribution in [0, 0.1) is 11.8 Å². The molecule has 1 nitrogen and oxygen atoms in total. The first kappa shape index (κ1) is 17.8. The van der Waals surface area contributed by atoms with Crippen LogP contribution in [-0.2, 0) is 0 Å². The quantitative estimate of drug-likeness (QED) is 0.640. The molecule has 1 atom stereocenters. The van der Waals surface area contributed by atoms with E-state index in [0.717, 1.165) is 18.9 Å². The molecule has 0 bridgehead atoms. The third kappa shape index (κ3) is 6.96. The minimum atomic E-state index is -4.00. The lowest BCUT2D eigenvalue weighted by Gasteiger charge is -2.34. The van der Waals surface area contributed by atoms with Crippen LogP contribution in [-0.4, -0.2) is 18.8 Å². The summed E-state index contributed by atoms with van der Waals surface area (Å²) >= 11 is 0. The molecule has 0 amide bonds. The smallest absolute Gasteiger partial charge is 0.314 e. The van der Waals surface area contributed by atoms with E-state index in [1.54, 1.807) is 0 Å². The van der Waals surface area contributed by atoms with E-state index < -0.39 is 12.6 Å². The zero-order valence-corrected chi connectivity index (χ0v) is 12.9. The summed E-state index contributed by atoms with van der Waals surface area (Å²) in [5, 5.41) is 3.49. The molecule has 0 aliphatic heterocycles. The third-order valence-electron chi connectivity index (χ3n) is 4.67. The van der Waals surface area contributed by atoms with Crippen molar-refractivity contribution >= 4 is 0 Å². The lowest BCUT2D eigenvalue weighted by molar-refractivity contribution is -0.136. The number of alkyl halides is 3. The molecule has 0 heterocycles. The molecule has 1 rings (SSSR count). The van der Waals surface area contributed by atoms with Crippen LogP contribution in [0.25, 0.3) is 0 Å². The van der Waals surface area contributed by atoms with Gasteiger partial charge in [-0.1, -0.05) is 33.1 Å². The van der Waals surface area contributed by atoms with Crippen LogP contribution in [0.5, 0.6) is 0 Å². The van der Waals surface area contributed by atoms with Gasteiger partial charge in [-0.25, -0.2) is 0 Å². The maximum absolute atomic E-state index is 12.3. The highest BCUT2D eigenvalue weighted by atomic mass is 19.4. The predicted molar refractivity (Wildman–Crippen MR) is 77.7 cm³/mol. The van der Waals surface area contributed by atoms with Gasteiger partial charge in [-0.15, -0.1) is 0 Å². The van der Waals surface area contributed by atoms with Crippen molar-refractivity contribution in [1.82, 2.24) is 5.32 Å². The molecule has 1 N–H and O–H groups in total. The van der Waals surface area contributed by atoms with Crippen LogP contribution in [0.4, 0.5) is 13.2 Å². The average Bonchev–Trinajstić information content (AvgIpc) is 2.41. The fraction of sp³-hybridized carbons (Fsp3) is 1.00. The van der Waals surface area contributed by atoms with Crippen LogP contribution in [0.2, 0.25) is 0 Å². The Morgan fingerprint density at radius 1 is 1.10 bits per heavy atom. The van der Waals surface area contributed by atoms with Crippen molar-refractivity contribution < 1.29 is 13.2 Å². The van der Waals surface area contributed by atoms with Crippen LogP contribution in [0.15, 0.2) is 0 Å². The maximum atomic E-state index is 12.3. The lowest BCUT2D eigenvalue weighted by Crippen LogP contribution is -2.38. The Morgan fingerprint density at radius 2 is 1.75 bits per heavy atom. The first-order valence-electron chi connectivity index (χ1n) is 8.26. The molecule has 0 aromatic carbocycles. The van der Waals surface area contributed by atoms with Crippen molar-refractivity contribution in [1.29, 1.82) is 0 Å². The number of hydrogen-bond acceptors (Lipinski definition) is 1. The van der Waals surface area contributed by atoms with Crippen LogP contribution >= 0.6 is 0 Å². The highest BCUT2D eigenvalue weighted by molar-refractivity contribution is 4.82. The molecular formula is C16H30F3N. The van der Waals surface area contributed by atoms with Crippen molar-refractivity contribution in [2.45, 2.75) is 83.9 Å². The molecule has 0 spiro atoms. The lowest BCUT2D eigenvalue weighted by atomic mass is 9.76. The van der Waals surface area contributed by atoms with Gasteiger partial charge in [-0.2, -0.15) is 13.2 Å². The van der Waals surface area contributed by atoms with Gasteiger partial charge in [-0.05, 0) is 50.5 Å². The Kier molecular flexibility index (Phi) is 7.93. The number of nitrogens with one attached hydrogen (secondary N) is 1.